The van der Waals surface area contributed by atoms with Crippen LogP contribution in [0.15, 0.2) is 24.3 Å². The average molecular weight is 212 g/mol. The van der Waals surface area contributed by atoms with E-state index in [4.69, 9.17) is 11.6 Å². The van der Waals surface area contributed by atoms with Gasteiger partial charge in [-0.15, -0.1) is 0 Å². The number of rotatable bonds is 3. The minimum absolute atomic E-state index is 0.0605. The largest absolute Gasteiger partial charge is 0.314 e. The van der Waals surface area contributed by atoms with Crippen LogP contribution in [0.5, 0.6) is 0 Å². The molecule has 0 aliphatic rings. The van der Waals surface area contributed by atoms with Gasteiger partial charge in [-0.1, -0.05) is 36.7 Å². The SMILES string of the molecule is CNC(C)(C)C(C)c1ccccc1Cl. The van der Waals surface area contributed by atoms with Crippen LogP contribution < -0.4 is 5.32 Å². The zero-order valence-corrected chi connectivity index (χ0v) is 10.0. The highest BCUT2D eigenvalue weighted by Gasteiger charge is 2.26. The summed E-state index contributed by atoms with van der Waals surface area (Å²) >= 11 is 6.15. The third-order valence-corrected chi connectivity index (χ3v) is 3.44. The molecule has 0 spiro atoms. The topological polar surface area (TPSA) is 12.0 Å². The van der Waals surface area contributed by atoms with Gasteiger partial charge in [-0.3, -0.25) is 0 Å². The van der Waals surface area contributed by atoms with Gasteiger partial charge in [0.25, 0.3) is 0 Å². The molecule has 0 aliphatic heterocycles. The molecule has 0 amide bonds. The highest BCUT2D eigenvalue weighted by atomic mass is 35.5. The number of nitrogens with one attached hydrogen (secondary N) is 1. The van der Waals surface area contributed by atoms with Crippen LogP contribution in [-0.2, 0) is 0 Å². The number of hydrogen-bond acceptors (Lipinski definition) is 1. The number of likely N-dealkylation sites (N-methyl/N-ethyl adjacent to an activating group) is 1. The summed E-state index contributed by atoms with van der Waals surface area (Å²) in [6.07, 6.45) is 0. The molecule has 0 bridgehead atoms. The van der Waals surface area contributed by atoms with Crippen LogP contribution in [0.2, 0.25) is 5.02 Å². The fourth-order valence-corrected chi connectivity index (χ4v) is 1.73. The molecule has 1 atom stereocenters. The van der Waals surface area contributed by atoms with Crippen molar-refractivity contribution >= 4 is 11.6 Å². The smallest absolute Gasteiger partial charge is 0.0441 e. The molecule has 0 heterocycles. The standard InChI is InChI=1S/C12H18ClN/c1-9(12(2,3)14-4)10-7-5-6-8-11(10)13/h5-9,14H,1-4H3. The summed E-state index contributed by atoms with van der Waals surface area (Å²) < 4.78 is 0. The van der Waals surface area contributed by atoms with Crippen LogP contribution in [0.3, 0.4) is 0 Å². The summed E-state index contributed by atoms with van der Waals surface area (Å²) in [5.41, 5.74) is 1.26. The molecule has 1 N–H and O–H groups in total. The molecule has 1 nitrogen and oxygen atoms in total. The summed E-state index contributed by atoms with van der Waals surface area (Å²) in [5.74, 6) is 0.390. The first-order valence-electron chi connectivity index (χ1n) is 4.92. The van der Waals surface area contributed by atoms with Gasteiger partial charge in [0.1, 0.15) is 0 Å². The predicted octanol–water partition coefficient (Wildman–Crippen LogP) is 3.44. The van der Waals surface area contributed by atoms with E-state index in [1.165, 1.54) is 5.56 Å². The molecule has 1 aromatic rings. The summed E-state index contributed by atoms with van der Waals surface area (Å²) in [4.78, 5) is 0. The van der Waals surface area contributed by atoms with E-state index in [1.54, 1.807) is 0 Å². The van der Waals surface area contributed by atoms with E-state index < -0.39 is 0 Å². The van der Waals surface area contributed by atoms with Crippen molar-refractivity contribution in [2.24, 2.45) is 0 Å². The molecule has 1 aromatic carbocycles. The Kier molecular flexibility index (Phi) is 3.57. The Morgan fingerprint density at radius 2 is 1.86 bits per heavy atom. The lowest BCUT2D eigenvalue weighted by atomic mass is 9.83. The summed E-state index contributed by atoms with van der Waals surface area (Å²) in [7, 11) is 1.98. The lowest BCUT2D eigenvalue weighted by molar-refractivity contribution is 0.360. The molecule has 0 saturated carbocycles. The highest BCUT2D eigenvalue weighted by molar-refractivity contribution is 6.31. The van der Waals surface area contributed by atoms with E-state index in [2.05, 4.69) is 32.2 Å². The van der Waals surface area contributed by atoms with Crippen molar-refractivity contribution < 1.29 is 0 Å². The van der Waals surface area contributed by atoms with E-state index in [-0.39, 0.29) is 5.54 Å². The first-order valence-corrected chi connectivity index (χ1v) is 5.30. The number of benzene rings is 1. The maximum absolute atomic E-state index is 6.15. The molecule has 78 valence electrons. The van der Waals surface area contributed by atoms with E-state index in [1.807, 2.05) is 25.2 Å². The van der Waals surface area contributed by atoms with Crippen molar-refractivity contribution in [1.29, 1.82) is 0 Å². The van der Waals surface area contributed by atoms with Crippen molar-refractivity contribution in [3.63, 3.8) is 0 Å². The Morgan fingerprint density at radius 3 is 2.36 bits per heavy atom. The fraction of sp³-hybridized carbons (Fsp3) is 0.500. The lowest BCUT2D eigenvalue weighted by Crippen LogP contribution is -2.41. The Balaban J connectivity index is 3.00. The zero-order valence-electron chi connectivity index (χ0n) is 9.26. The molecule has 0 aliphatic carbocycles. The van der Waals surface area contributed by atoms with Gasteiger partial charge in [-0.2, -0.15) is 0 Å². The van der Waals surface area contributed by atoms with Crippen LogP contribution in [0.4, 0.5) is 0 Å². The quantitative estimate of drug-likeness (QED) is 0.808. The Bertz CT molecular complexity index is 307. The summed E-state index contributed by atoms with van der Waals surface area (Å²) in [6.45, 7) is 6.56. The van der Waals surface area contributed by atoms with E-state index >= 15 is 0 Å². The normalized spacial score (nSPS) is 14.1. The summed E-state index contributed by atoms with van der Waals surface area (Å²) in [6, 6.07) is 8.03. The van der Waals surface area contributed by atoms with Crippen molar-refractivity contribution in [3.8, 4) is 0 Å². The molecule has 0 radical (unpaired) electrons. The first kappa shape index (κ1) is 11.5. The van der Waals surface area contributed by atoms with E-state index in [0.717, 1.165) is 5.02 Å². The molecule has 2 heteroatoms. The Hall–Kier alpha value is -0.530. The average Bonchev–Trinajstić information content (AvgIpc) is 2.17. The van der Waals surface area contributed by atoms with Crippen molar-refractivity contribution in [2.75, 3.05) is 7.05 Å². The van der Waals surface area contributed by atoms with Crippen molar-refractivity contribution in [2.45, 2.75) is 32.2 Å². The maximum Gasteiger partial charge on any atom is 0.0441 e. The molecule has 1 rings (SSSR count). The van der Waals surface area contributed by atoms with Gasteiger partial charge in [-0.05, 0) is 32.5 Å². The van der Waals surface area contributed by atoms with Crippen LogP contribution in [0.25, 0.3) is 0 Å². The monoisotopic (exact) mass is 211 g/mol. The molecular formula is C12H18ClN. The van der Waals surface area contributed by atoms with Crippen molar-refractivity contribution in [3.05, 3.63) is 34.9 Å². The van der Waals surface area contributed by atoms with Gasteiger partial charge in [0.15, 0.2) is 0 Å². The fourth-order valence-electron chi connectivity index (χ4n) is 1.43. The third-order valence-electron chi connectivity index (χ3n) is 3.10. The minimum atomic E-state index is 0.0605. The van der Waals surface area contributed by atoms with Crippen LogP contribution in [-0.4, -0.2) is 12.6 Å². The molecular weight excluding hydrogens is 194 g/mol. The molecule has 0 fully saturated rings. The van der Waals surface area contributed by atoms with E-state index in [9.17, 15) is 0 Å². The number of halogens is 1. The van der Waals surface area contributed by atoms with Crippen molar-refractivity contribution in [1.82, 2.24) is 5.32 Å². The maximum atomic E-state index is 6.15. The third kappa shape index (κ3) is 2.28. The zero-order chi connectivity index (χ0) is 10.8. The Labute approximate surface area is 91.5 Å². The summed E-state index contributed by atoms with van der Waals surface area (Å²) in [5, 5.41) is 4.16. The van der Waals surface area contributed by atoms with Crippen LogP contribution in [0.1, 0.15) is 32.3 Å². The predicted molar refractivity (Wildman–Crippen MR) is 63.0 cm³/mol. The van der Waals surface area contributed by atoms with Gasteiger partial charge >= 0.3 is 0 Å². The van der Waals surface area contributed by atoms with Gasteiger partial charge < -0.3 is 5.32 Å². The van der Waals surface area contributed by atoms with Gasteiger partial charge in [-0.25, -0.2) is 0 Å². The van der Waals surface area contributed by atoms with Crippen LogP contribution >= 0.6 is 11.6 Å². The molecule has 0 saturated heterocycles. The molecule has 0 aromatic heterocycles. The molecule has 1 unspecified atom stereocenters. The minimum Gasteiger partial charge on any atom is -0.314 e. The van der Waals surface area contributed by atoms with Gasteiger partial charge in [0.05, 0.1) is 0 Å². The number of hydrogen-bond donors (Lipinski definition) is 1. The second kappa shape index (κ2) is 4.33. The second-order valence-electron chi connectivity index (χ2n) is 4.21. The molecule has 14 heavy (non-hydrogen) atoms. The lowest BCUT2D eigenvalue weighted by Gasteiger charge is -2.32. The first-order chi connectivity index (χ1) is 6.49. The highest BCUT2D eigenvalue weighted by Crippen LogP contribution is 2.31. The van der Waals surface area contributed by atoms with E-state index in [0.29, 0.717) is 5.92 Å². The van der Waals surface area contributed by atoms with Gasteiger partial charge in [0.2, 0.25) is 0 Å². The Morgan fingerprint density at radius 1 is 1.29 bits per heavy atom. The van der Waals surface area contributed by atoms with Crippen LogP contribution in [0, 0.1) is 0 Å². The second-order valence-corrected chi connectivity index (χ2v) is 4.62. The van der Waals surface area contributed by atoms with Gasteiger partial charge in [0, 0.05) is 16.5 Å².